The number of aromatic nitrogens is 2. The molecule has 1 aromatic heterocycles. The molecule has 3 rings (SSSR count). The molecular formula is C21H25N3. The lowest BCUT2D eigenvalue weighted by atomic mass is 10.1. The molecule has 3 aromatic rings. The van der Waals surface area contributed by atoms with E-state index in [0.29, 0.717) is 6.04 Å². The second-order valence-corrected chi connectivity index (χ2v) is 6.31. The monoisotopic (exact) mass is 319 g/mol. The molecule has 1 unspecified atom stereocenters. The minimum absolute atomic E-state index is 0.322. The highest BCUT2D eigenvalue weighted by Crippen LogP contribution is 2.17. The van der Waals surface area contributed by atoms with Crippen LogP contribution in [0.5, 0.6) is 0 Å². The van der Waals surface area contributed by atoms with Gasteiger partial charge in [0.15, 0.2) is 0 Å². The predicted octanol–water partition coefficient (Wildman–Crippen LogP) is 4.40. The molecule has 0 spiro atoms. The van der Waals surface area contributed by atoms with Gasteiger partial charge in [0.25, 0.3) is 0 Å². The molecule has 3 heteroatoms. The van der Waals surface area contributed by atoms with E-state index in [9.17, 15) is 0 Å². The summed E-state index contributed by atoms with van der Waals surface area (Å²) in [5.41, 5.74) is 6.23. The first-order valence-electron chi connectivity index (χ1n) is 8.50. The third kappa shape index (κ3) is 3.74. The van der Waals surface area contributed by atoms with E-state index in [1.807, 2.05) is 6.07 Å². The summed E-state index contributed by atoms with van der Waals surface area (Å²) in [6.07, 6.45) is 0. The van der Waals surface area contributed by atoms with Gasteiger partial charge in [0.2, 0.25) is 0 Å². The topological polar surface area (TPSA) is 29.9 Å². The maximum Gasteiger partial charge on any atom is 0.0662 e. The van der Waals surface area contributed by atoms with E-state index in [-0.39, 0.29) is 0 Å². The van der Waals surface area contributed by atoms with Gasteiger partial charge >= 0.3 is 0 Å². The minimum atomic E-state index is 0.322. The van der Waals surface area contributed by atoms with E-state index < -0.39 is 0 Å². The highest BCUT2D eigenvalue weighted by atomic mass is 15.3. The third-order valence-electron chi connectivity index (χ3n) is 4.59. The van der Waals surface area contributed by atoms with Crippen molar-refractivity contribution in [1.29, 1.82) is 0 Å². The molecule has 1 atom stereocenters. The van der Waals surface area contributed by atoms with Crippen LogP contribution < -0.4 is 5.32 Å². The van der Waals surface area contributed by atoms with Crippen LogP contribution in [0.3, 0.4) is 0 Å². The smallest absolute Gasteiger partial charge is 0.0662 e. The van der Waals surface area contributed by atoms with Gasteiger partial charge < -0.3 is 5.32 Å². The first kappa shape index (κ1) is 16.5. The van der Waals surface area contributed by atoms with Crippen LogP contribution in [0.2, 0.25) is 0 Å². The molecule has 1 N–H and O–H groups in total. The molecule has 124 valence electrons. The Morgan fingerprint density at radius 3 is 2.25 bits per heavy atom. The number of hydrogen-bond donors (Lipinski definition) is 1. The maximum absolute atomic E-state index is 4.73. The first-order valence-corrected chi connectivity index (χ1v) is 8.50. The van der Waals surface area contributed by atoms with E-state index >= 15 is 0 Å². The quantitative estimate of drug-likeness (QED) is 0.730. The largest absolute Gasteiger partial charge is 0.306 e. The molecule has 0 saturated heterocycles. The SMILES string of the molecule is Cc1nn(Cc2ccccc2)c(C)c1CNC(C)c1ccccc1. The maximum atomic E-state index is 4.73. The van der Waals surface area contributed by atoms with Crippen LogP contribution in [-0.2, 0) is 13.1 Å². The van der Waals surface area contributed by atoms with Crippen molar-refractivity contribution in [3.05, 3.63) is 88.7 Å². The fraction of sp³-hybridized carbons (Fsp3) is 0.286. The standard InChI is InChI=1S/C21H25N3/c1-16(20-12-8-5-9-13-20)22-14-21-17(2)23-24(18(21)3)15-19-10-6-4-7-11-19/h4-13,16,22H,14-15H2,1-3H3. The van der Waals surface area contributed by atoms with Crippen LogP contribution in [0.4, 0.5) is 0 Å². The molecule has 0 fully saturated rings. The van der Waals surface area contributed by atoms with Crippen molar-refractivity contribution in [1.82, 2.24) is 15.1 Å². The van der Waals surface area contributed by atoms with Crippen molar-refractivity contribution >= 4 is 0 Å². The fourth-order valence-corrected chi connectivity index (χ4v) is 3.01. The molecule has 0 saturated carbocycles. The van der Waals surface area contributed by atoms with Crippen LogP contribution in [-0.4, -0.2) is 9.78 Å². The summed E-state index contributed by atoms with van der Waals surface area (Å²) in [4.78, 5) is 0. The molecular weight excluding hydrogens is 294 g/mol. The van der Waals surface area contributed by atoms with Gasteiger partial charge in [-0.05, 0) is 31.9 Å². The van der Waals surface area contributed by atoms with Crippen LogP contribution >= 0.6 is 0 Å². The summed E-state index contributed by atoms with van der Waals surface area (Å²) in [5, 5.41) is 8.35. The van der Waals surface area contributed by atoms with E-state index in [1.54, 1.807) is 0 Å². The molecule has 0 amide bonds. The second kappa shape index (κ2) is 7.45. The van der Waals surface area contributed by atoms with Gasteiger partial charge in [-0.2, -0.15) is 5.10 Å². The zero-order valence-electron chi connectivity index (χ0n) is 14.7. The van der Waals surface area contributed by atoms with Gasteiger partial charge in [-0.3, -0.25) is 4.68 Å². The summed E-state index contributed by atoms with van der Waals surface area (Å²) in [5.74, 6) is 0. The Bertz CT molecular complexity index is 776. The molecule has 3 nitrogen and oxygen atoms in total. The average Bonchev–Trinajstić information content (AvgIpc) is 2.88. The second-order valence-electron chi connectivity index (χ2n) is 6.31. The molecule has 0 bridgehead atoms. The predicted molar refractivity (Wildman–Crippen MR) is 98.9 cm³/mol. The van der Waals surface area contributed by atoms with Crippen molar-refractivity contribution < 1.29 is 0 Å². The first-order chi connectivity index (χ1) is 11.6. The van der Waals surface area contributed by atoms with Gasteiger partial charge in [0.1, 0.15) is 0 Å². The van der Waals surface area contributed by atoms with Crippen LogP contribution in [0.1, 0.15) is 41.0 Å². The highest BCUT2D eigenvalue weighted by Gasteiger charge is 2.13. The van der Waals surface area contributed by atoms with Crippen molar-refractivity contribution in [3.63, 3.8) is 0 Å². The van der Waals surface area contributed by atoms with E-state index in [2.05, 4.69) is 85.4 Å². The van der Waals surface area contributed by atoms with Crippen LogP contribution in [0.25, 0.3) is 0 Å². The zero-order chi connectivity index (χ0) is 16.9. The Hall–Kier alpha value is -2.39. The van der Waals surface area contributed by atoms with Gasteiger partial charge in [0, 0.05) is 23.8 Å². The lowest BCUT2D eigenvalue weighted by Gasteiger charge is -2.14. The van der Waals surface area contributed by atoms with Gasteiger partial charge in [0.05, 0.1) is 12.2 Å². The molecule has 0 aliphatic heterocycles. The Kier molecular flexibility index (Phi) is 5.11. The van der Waals surface area contributed by atoms with E-state index in [1.165, 1.54) is 22.4 Å². The average molecular weight is 319 g/mol. The number of rotatable bonds is 6. The Morgan fingerprint density at radius 1 is 0.958 bits per heavy atom. The number of aryl methyl sites for hydroxylation is 1. The van der Waals surface area contributed by atoms with Crippen LogP contribution in [0, 0.1) is 13.8 Å². The summed E-state index contributed by atoms with van der Waals surface area (Å²) in [6.45, 7) is 8.12. The zero-order valence-corrected chi connectivity index (χ0v) is 14.7. The third-order valence-corrected chi connectivity index (χ3v) is 4.59. The molecule has 0 aliphatic rings. The molecule has 2 aromatic carbocycles. The van der Waals surface area contributed by atoms with Crippen molar-refractivity contribution in [3.8, 4) is 0 Å². The summed E-state index contributed by atoms with van der Waals surface area (Å²) in [6, 6.07) is 21.4. The molecule has 0 aliphatic carbocycles. The summed E-state index contributed by atoms with van der Waals surface area (Å²) in [7, 11) is 0. The highest BCUT2D eigenvalue weighted by molar-refractivity contribution is 5.26. The molecule has 24 heavy (non-hydrogen) atoms. The van der Waals surface area contributed by atoms with E-state index in [0.717, 1.165) is 18.8 Å². The number of nitrogens with zero attached hydrogens (tertiary/aromatic N) is 2. The van der Waals surface area contributed by atoms with Crippen molar-refractivity contribution in [2.24, 2.45) is 0 Å². The van der Waals surface area contributed by atoms with Crippen molar-refractivity contribution in [2.75, 3.05) is 0 Å². The lowest BCUT2D eigenvalue weighted by Crippen LogP contribution is -2.19. The minimum Gasteiger partial charge on any atom is -0.306 e. The Morgan fingerprint density at radius 2 is 1.58 bits per heavy atom. The van der Waals surface area contributed by atoms with Gasteiger partial charge in [-0.25, -0.2) is 0 Å². The Labute approximate surface area is 144 Å². The number of benzene rings is 2. The summed E-state index contributed by atoms with van der Waals surface area (Å²) < 4.78 is 2.11. The normalized spacial score (nSPS) is 12.3. The number of nitrogens with one attached hydrogen (secondary N) is 1. The van der Waals surface area contributed by atoms with E-state index in [4.69, 9.17) is 5.10 Å². The Balaban J connectivity index is 1.70. The lowest BCUT2D eigenvalue weighted by molar-refractivity contribution is 0.571. The number of hydrogen-bond acceptors (Lipinski definition) is 2. The summed E-state index contributed by atoms with van der Waals surface area (Å²) >= 11 is 0. The van der Waals surface area contributed by atoms with Crippen LogP contribution in [0.15, 0.2) is 60.7 Å². The van der Waals surface area contributed by atoms with Gasteiger partial charge in [-0.15, -0.1) is 0 Å². The fourth-order valence-electron chi connectivity index (χ4n) is 3.01. The molecule has 1 heterocycles. The van der Waals surface area contributed by atoms with Crippen molar-refractivity contribution in [2.45, 2.75) is 39.9 Å². The van der Waals surface area contributed by atoms with Gasteiger partial charge in [-0.1, -0.05) is 60.7 Å². The molecule has 0 radical (unpaired) electrons.